The monoisotopic (exact) mass is 280 g/mol. The fourth-order valence-electron chi connectivity index (χ4n) is 3.29. The maximum absolute atomic E-state index is 6.05. The Hall–Kier alpha value is -0.570. The number of nitrogens with zero attached hydrogens (tertiary/aromatic N) is 1. The van der Waals surface area contributed by atoms with Gasteiger partial charge < -0.3 is 5.73 Å². The third-order valence-electron chi connectivity index (χ3n) is 4.32. The SMILES string of the molecule is CN(Cc1cccc(Cl)c1)C(CN)C1CCCCC1. The molecular formula is C16H25ClN2. The Balaban J connectivity index is 1.97. The summed E-state index contributed by atoms with van der Waals surface area (Å²) < 4.78 is 0. The third-order valence-corrected chi connectivity index (χ3v) is 4.56. The van der Waals surface area contributed by atoms with E-state index in [0.717, 1.165) is 24.0 Å². The molecule has 0 saturated heterocycles. The van der Waals surface area contributed by atoms with Crippen LogP contribution in [-0.4, -0.2) is 24.5 Å². The second kappa shape index (κ2) is 7.28. The highest BCUT2D eigenvalue weighted by Crippen LogP contribution is 2.29. The predicted molar refractivity (Wildman–Crippen MR) is 82.3 cm³/mol. The lowest BCUT2D eigenvalue weighted by molar-refractivity contribution is 0.143. The number of halogens is 1. The molecule has 0 aliphatic heterocycles. The maximum atomic E-state index is 6.05. The molecule has 1 fully saturated rings. The zero-order chi connectivity index (χ0) is 13.7. The number of likely N-dealkylation sites (N-methyl/N-ethyl adjacent to an activating group) is 1. The molecule has 0 amide bonds. The van der Waals surface area contributed by atoms with Crippen molar-refractivity contribution in [3.8, 4) is 0 Å². The normalized spacial score (nSPS) is 18.7. The first-order valence-electron chi connectivity index (χ1n) is 7.35. The highest BCUT2D eigenvalue weighted by Gasteiger charge is 2.25. The fourth-order valence-corrected chi connectivity index (χ4v) is 3.50. The molecule has 0 heterocycles. The Morgan fingerprint density at radius 2 is 2.05 bits per heavy atom. The van der Waals surface area contributed by atoms with Crippen LogP contribution in [0.15, 0.2) is 24.3 Å². The summed E-state index contributed by atoms with van der Waals surface area (Å²) in [5.74, 6) is 0.767. The van der Waals surface area contributed by atoms with E-state index in [1.807, 2.05) is 18.2 Å². The lowest BCUT2D eigenvalue weighted by Gasteiger charge is -2.36. The van der Waals surface area contributed by atoms with Crippen molar-refractivity contribution >= 4 is 11.6 Å². The first-order valence-corrected chi connectivity index (χ1v) is 7.73. The third kappa shape index (κ3) is 4.20. The van der Waals surface area contributed by atoms with Crippen LogP contribution in [0.2, 0.25) is 5.02 Å². The molecule has 2 nitrogen and oxygen atoms in total. The van der Waals surface area contributed by atoms with Gasteiger partial charge in [-0.3, -0.25) is 4.90 Å². The van der Waals surface area contributed by atoms with Gasteiger partial charge in [0.05, 0.1) is 0 Å². The molecule has 19 heavy (non-hydrogen) atoms. The molecule has 0 radical (unpaired) electrons. The molecule has 0 spiro atoms. The molecule has 1 aliphatic carbocycles. The van der Waals surface area contributed by atoms with E-state index in [4.69, 9.17) is 17.3 Å². The minimum Gasteiger partial charge on any atom is -0.329 e. The van der Waals surface area contributed by atoms with E-state index in [-0.39, 0.29) is 0 Å². The molecule has 1 aromatic carbocycles. The molecule has 3 heteroatoms. The molecule has 0 aromatic heterocycles. The predicted octanol–water partition coefficient (Wildman–Crippen LogP) is 3.68. The van der Waals surface area contributed by atoms with Crippen LogP contribution < -0.4 is 5.73 Å². The van der Waals surface area contributed by atoms with Gasteiger partial charge in [-0.15, -0.1) is 0 Å². The van der Waals surface area contributed by atoms with Crippen molar-refractivity contribution in [3.63, 3.8) is 0 Å². The van der Waals surface area contributed by atoms with Crippen molar-refractivity contribution in [1.82, 2.24) is 4.90 Å². The maximum Gasteiger partial charge on any atom is 0.0409 e. The van der Waals surface area contributed by atoms with E-state index in [0.29, 0.717) is 6.04 Å². The van der Waals surface area contributed by atoms with E-state index in [2.05, 4.69) is 18.0 Å². The summed E-state index contributed by atoms with van der Waals surface area (Å²) >= 11 is 6.05. The summed E-state index contributed by atoms with van der Waals surface area (Å²) in [5, 5.41) is 0.813. The van der Waals surface area contributed by atoms with Crippen LogP contribution in [0.3, 0.4) is 0 Å². The van der Waals surface area contributed by atoms with E-state index < -0.39 is 0 Å². The van der Waals surface area contributed by atoms with Crippen LogP contribution in [0.25, 0.3) is 0 Å². The molecule has 106 valence electrons. The Kier molecular flexibility index (Phi) is 5.68. The number of rotatable bonds is 5. The van der Waals surface area contributed by atoms with Gasteiger partial charge in [-0.2, -0.15) is 0 Å². The average molecular weight is 281 g/mol. The Bertz CT molecular complexity index is 388. The average Bonchev–Trinajstić information content (AvgIpc) is 2.41. The van der Waals surface area contributed by atoms with Gasteiger partial charge in [0, 0.05) is 24.2 Å². The topological polar surface area (TPSA) is 29.3 Å². The van der Waals surface area contributed by atoms with Crippen molar-refractivity contribution in [2.24, 2.45) is 11.7 Å². The smallest absolute Gasteiger partial charge is 0.0409 e. The second-order valence-electron chi connectivity index (χ2n) is 5.75. The van der Waals surface area contributed by atoms with Crippen molar-refractivity contribution < 1.29 is 0 Å². The van der Waals surface area contributed by atoms with Crippen LogP contribution >= 0.6 is 11.6 Å². The van der Waals surface area contributed by atoms with Gasteiger partial charge in [-0.25, -0.2) is 0 Å². The van der Waals surface area contributed by atoms with Crippen LogP contribution in [0, 0.1) is 5.92 Å². The Morgan fingerprint density at radius 1 is 1.32 bits per heavy atom. The van der Waals surface area contributed by atoms with Crippen LogP contribution in [0.5, 0.6) is 0 Å². The first kappa shape index (κ1) is 14.8. The van der Waals surface area contributed by atoms with Gasteiger partial charge in [0.2, 0.25) is 0 Å². The molecular weight excluding hydrogens is 256 g/mol. The van der Waals surface area contributed by atoms with Gasteiger partial charge in [-0.1, -0.05) is 43.0 Å². The summed E-state index contributed by atoms with van der Waals surface area (Å²) in [6, 6.07) is 8.62. The largest absolute Gasteiger partial charge is 0.329 e. The van der Waals surface area contributed by atoms with Crippen molar-refractivity contribution in [3.05, 3.63) is 34.9 Å². The van der Waals surface area contributed by atoms with Gasteiger partial charge in [0.15, 0.2) is 0 Å². The zero-order valence-electron chi connectivity index (χ0n) is 11.8. The molecule has 1 aliphatic rings. The Labute approximate surface area is 121 Å². The summed E-state index contributed by atoms with van der Waals surface area (Å²) in [6.07, 6.45) is 6.80. The highest BCUT2D eigenvalue weighted by atomic mass is 35.5. The van der Waals surface area contributed by atoms with Crippen molar-refractivity contribution in [2.45, 2.75) is 44.7 Å². The summed E-state index contributed by atoms with van der Waals surface area (Å²) in [5.41, 5.74) is 7.29. The quantitative estimate of drug-likeness (QED) is 0.891. The molecule has 1 unspecified atom stereocenters. The number of hydrogen-bond donors (Lipinski definition) is 1. The van der Waals surface area contributed by atoms with E-state index >= 15 is 0 Å². The lowest BCUT2D eigenvalue weighted by atomic mass is 9.83. The molecule has 0 bridgehead atoms. The molecule has 2 N–H and O–H groups in total. The Morgan fingerprint density at radius 3 is 2.68 bits per heavy atom. The van der Waals surface area contributed by atoms with E-state index in [1.54, 1.807) is 0 Å². The van der Waals surface area contributed by atoms with Crippen LogP contribution in [0.4, 0.5) is 0 Å². The van der Waals surface area contributed by atoms with Crippen molar-refractivity contribution in [1.29, 1.82) is 0 Å². The summed E-state index contributed by atoms with van der Waals surface area (Å²) in [6.45, 7) is 1.68. The van der Waals surface area contributed by atoms with E-state index in [9.17, 15) is 0 Å². The van der Waals surface area contributed by atoms with Gasteiger partial charge in [0.1, 0.15) is 0 Å². The summed E-state index contributed by atoms with van der Waals surface area (Å²) in [4.78, 5) is 2.40. The van der Waals surface area contributed by atoms with E-state index in [1.165, 1.54) is 37.7 Å². The molecule has 1 saturated carbocycles. The summed E-state index contributed by atoms with van der Waals surface area (Å²) in [7, 11) is 2.19. The van der Waals surface area contributed by atoms with Crippen LogP contribution in [-0.2, 0) is 6.54 Å². The highest BCUT2D eigenvalue weighted by molar-refractivity contribution is 6.30. The first-order chi connectivity index (χ1) is 9.20. The second-order valence-corrected chi connectivity index (χ2v) is 6.18. The number of hydrogen-bond acceptors (Lipinski definition) is 2. The number of benzene rings is 1. The number of nitrogens with two attached hydrogens (primary N) is 1. The minimum absolute atomic E-state index is 0.499. The molecule has 2 rings (SSSR count). The standard InChI is InChI=1S/C16H25ClN2/c1-19(12-13-6-5-9-15(17)10-13)16(11-18)14-7-3-2-4-8-14/h5-6,9-10,14,16H,2-4,7-8,11-12,18H2,1H3. The lowest BCUT2D eigenvalue weighted by Crippen LogP contribution is -2.43. The zero-order valence-corrected chi connectivity index (χ0v) is 12.6. The van der Waals surface area contributed by atoms with Crippen LogP contribution in [0.1, 0.15) is 37.7 Å². The minimum atomic E-state index is 0.499. The molecule has 1 aromatic rings. The van der Waals surface area contributed by atoms with Gasteiger partial charge >= 0.3 is 0 Å². The molecule has 1 atom stereocenters. The van der Waals surface area contributed by atoms with Gasteiger partial charge in [0.25, 0.3) is 0 Å². The van der Waals surface area contributed by atoms with Gasteiger partial charge in [-0.05, 0) is 43.5 Å². The van der Waals surface area contributed by atoms with Crippen molar-refractivity contribution in [2.75, 3.05) is 13.6 Å². The fraction of sp³-hybridized carbons (Fsp3) is 0.625.